The van der Waals surface area contributed by atoms with Crippen molar-refractivity contribution in [2.45, 2.75) is 43.0 Å². The van der Waals surface area contributed by atoms with Crippen LogP contribution in [0.5, 0.6) is 0 Å². The number of rotatable bonds is 7. The number of aromatic nitrogens is 1. The average Bonchev–Trinajstić information content (AvgIpc) is 3.07. The van der Waals surface area contributed by atoms with E-state index in [1.165, 1.54) is 22.9 Å². The molecule has 1 saturated heterocycles. The standard InChI is InChI=1S/C21H25N3O2S/c1-15-8-9-17(14-16(15)2)27-21-18(6-3-10-23-21)20(26)22-11-5-13-24-12-4-7-19(24)25/h3,6,8-10,14H,4-5,7,11-13H2,1-2H3,(H,22,26). The Kier molecular flexibility index (Phi) is 6.50. The van der Waals surface area contributed by atoms with Crippen LogP contribution in [0.2, 0.25) is 0 Å². The van der Waals surface area contributed by atoms with E-state index in [2.05, 4.69) is 42.3 Å². The van der Waals surface area contributed by atoms with Gasteiger partial charge in [-0.3, -0.25) is 9.59 Å². The Hall–Kier alpha value is -2.34. The van der Waals surface area contributed by atoms with Crippen LogP contribution in [0.25, 0.3) is 0 Å². The Balaban J connectivity index is 1.58. The summed E-state index contributed by atoms with van der Waals surface area (Å²) in [7, 11) is 0. The number of likely N-dealkylation sites (tertiary alicyclic amines) is 1. The van der Waals surface area contributed by atoms with Crippen LogP contribution in [0.3, 0.4) is 0 Å². The van der Waals surface area contributed by atoms with Crippen LogP contribution < -0.4 is 5.32 Å². The molecule has 1 aromatic heterocycles. The summed E-state index contributed by atoms with van der Waals surface area (Å²) in [5.41, 5.74) is 3.05. The van der Waals surface area contributed by atoms with E-state index in [4.69, 9.17) is 0 Å². The van der Waals surface area contributed by atoms with E-state index < -0.39 is 0 Å². The third-order valence-electron chi connectivity index (χ3n) is 4.77. The summed E-state index contributed by atoms with van der Waals surface area (Å²) < 4.78 is 0. The Bertz CT molecular complexity index is 838. The average molecular weight is 384 g/mol. The van der Waals surface area contributed by atoms with Crippen LogP contribution in [-0.4, -0.2) is 41.3 Å². The molecule has 0 unspecified atom stereocenters. The van der Waals surface area contributed by atoms with Gasteiger partial charge >= 0.3 is 0 Å². The molecule has 0 bridgehead atoms. The van der Waals surface area contributed by atoms with E-state index >= 15 is 0 Å². The van der Waals surface area contributed by atoms with Crippen molar-refractivity contribution < 1.29 is 9.59 Å². The summed E-state index contributed by atoms with van der Waals surface area (Å²) in [6, 6.07) is 9.83. The first-order valence-electron chi connectivity index (χ1n) is 9.30. The Labute approximate surface area is 164 Å². The highest BCUT2D eigenvalue weighted by molar-refractivity contribution is 7.99. The molecule has 0 spiro atoms. The first kappa shape index (κ1) is 19.4. The lowest BCUT2D eigenvalue weighted by Gasteiger charge is -2.15. The number of nitrogens with zero attached hydrogens (tertiary/aromatic N) is 2. The predicted molar refractivity (Wildman–Crippen MR) is 107 cm³/mol. The maximum Gasteiger partial charge on any atom is 0.254 e. The molecule has 2 heterocycles. The van der Waals surface area contributed by atoms with E-state index in [1.54, 1.807) is 18.3 Å². The van der Waals surface area contributed by atoms with Crippen molar-refractivity contribution in [3.05, 3.63) is 53.2 Å². The molecule has 1 aliphatic rings. The smallest absolute Gasteiger partial charge is 0.254 e. The van der Waals surface area contributed by atoms with Crippen molar-refractivity contribution in [3.8, 4) is 0 Å². The quantitative estimate of drug-likeness (QED) is 0.742. The number of pyridine rings is 1. The third kappa shape index (κ3) is 5.10. The molecule has 2 amide bonds. The first-order valence-corrected chi connectivity index (χ1v) is 10.1. The maximum absolute atomic E-state index is 12.6. The number of amides is 2. The molecule has 142 valence electrons. The first-order chi connectivity index (χ1) is 13.0. The molecular formula is C21H25N3O2S. The highest BCUT2D eigenvalue weighted by atomic mass is 32.2. The van der Waals surface area contributed by atoms with Gasteiger partial charge in [0.15, 0.2) is 0 Å². The van der Waals surface area contributed by atoms with Crippen LogP contribution >= 0.6 is 11.8 Å². The molecule has 0 atom stereocenters. The minimum absolute atomic E-state index is 0.123. The Morgan fingerprint density at radius 3 is 2.85 bits per heavy atom. The van der Waals surface area contributed by atoms with Crippen LogP contribution in [0.4, 0.5) is 0 Å². The van der Waals surface area contributed by atoms with Gasteiger partial charge in [-0.25, -0.2) is 4.98 Å². The zero-order valence-corrected chi connectivity index (χ0v) is 16.6. The fourth-order valence-electron chi connectivity index (χ4n) is 3.04. The number of hydrogen-bond acceptors (Lipinski definition) is 4. The fourth-order valence-corrected chi connectivity index (χ4v) is 4.02. The van der Waals surface area contributed by atoms with Crippen molar-refractivity contribution in [1.29, 1.82) is 0 Å². The molecule has 2 aromatic rings. The molecule has 1 fully saturated rings. The second-order valence-electron chi connectivity index (χ2n) is 6.80. The molecule has 1 N–H and O–H groups in total. The second kappa shape index (κ2) is 9.04. The molecule has 1 aliphatic heterocycles. The SMILES string of the molecule is Cc1ccc(Sc2ncccc2C(=O)NCCCN2CCCC2=O)cc1C. The van der Waals surface area contributed by atoms with Crippen molar-refractivity contribution >= 4 is 23.6 Å². The van der Waals surface area contributed by atoms with E-state index in [0.29, 0.717) is 30.1 Å². The van der Waals surface area contributed by atoms with E-state index in [9.17, 15) is 9.59 Å². The zero-order valence-electron chi connectivity index (χ0n) is 15.8. The molecular weight excluding hydrogens is 358 g/mol. The third-order valence-corrected chi connectivity index (χ3v) is 5.78. The van der Waals surface area contributed by atoms with E-state index in [0.717, 1.165) is 24.3 Å². The van der Waals surface area contributed by atoms with Gasteiger partial charge in [0.2, 0.25) is 5.91 Å². The van der Waals surface area contributed by atoms with Crippen molar-refractivity contribution in [2.75, 3.05) is 19.6 Å². The van der Waals surface area contributed by atoms with Crippen molar-refractivity contribution in [1.82, 2.24) is 15.2 Å². The van der Waals surface area contributed by atoms with E-state index in [-0.39, 0.29) is 11.8 Å². The molecule has 1 aromatic carbocycles. The highest BCUT2D eigenvalue weighted by Crippen LogP contribution is 2.29. The lowest BCUT2D eigenvalue weighted by atomic mass is 10.1. The molecule has 3 rings (SSSR count). The van der Waals surface area contributed by atoms with Gasteiger partial charge in [-0.15, -0.1) is 0 Å². The largest absolute Gasteiger partial charge is 0.352 e. The summed E-state index contributed by atoms with van der Waals surface area (Å²) in [5, 5.41) is 3.66. The number of carbonyl (C=O) groups is 2. The zero-order chi connectivity index (χ0) is 19.2. The summed E-state index contributed by atoms with van der Waals surface area (Å²) in [6.07, 6.45) is 4.07. The molecule has 6 heteroatoms. The topological polar surface area (TPSA) is 62.3 Å². The molecule has 0 aliphatic carbocycles. The van der Waals surface area contributed by atoms with E-state index in [1.807, 2.05) is 4.90 Å². The van der Waals surface area contributed by atoms with Gasteiger partial charge in [-0.05, 0) is 62.1 Å². The van der Waals surface area contributed by atoms with Crippen molar-refractivity contribution in [2.24, 2.45) is 0 Å². The monoisotopic (exact) mass is 383 g/mol. The normalized spacial score (nSPS) is 13.9. The number of benzene rings is 1. The molecule has 0 radical (unpaired) electrons. The second-order valence-corrected chi connectivity index (χ2v) is 7.86. The molecule has 0 saturated carbocycles. The van der Waals surface area contributed by atoms with Gasteiger partial charge < -0.3 is 10.2 Å². The fraction of sp³-hybridized carbons (Fsp3) is 0.381. The maximum atomic E-state index is 12.6. The van der Waals surface area contributed by atoms with Crippen LogP contribution in [0.15, 0.2) is 46.5 Å². The van der Waals surface area contributed by atoms with Crippen LogP contribution in [0.1, 0.15) is 40.7 Å². The van der Waals surface area contributed by atoms with Gasteiger partial charge in [-0.1, -0.05) is 17.8 Å². The number of hydrogen-bond donors (Lipinski definition) is 1. The van der Waals surface area contributed by atoms with Crippen molar-refractivity contribution in [3.63, 3.8) is 0 Å². The number of carbonyl (C=O) groups excluding carboxylic acids is 2. The Morgan fingerprint density at radius 2 is 2.11 bits per heavy atom. The van der Waals surface area contributed by atoms with Gasteiger partial charge in [0.05, 0.1) is 5.56 Å². The van der Waals surface area contributed by atoms with Crippen LogP contribution in [-0.2, 0) is 4.79 Å². The lowest BCUT2D eigenvalue weighted by molar-refractivity contribution is -0.127. The lowest BCUT2D eigenvalue weighted by Crippen LogP contribution is -2.30. The Morgan fingerprint density at radius 1 is 1.26 bits per heavy atom. The summed E-state index contributed by atoms with van der Waals surface area (Å²) >= 11 is 1.50. The summed E-state index contributed by atoms with van der Waals surface area (Å²) in [4.78, 5) is 31.5. The van der Waals surface area contributed by atoms with Gasteiger partial charge in [0, 0.05) is 37.1 Å². The number of aryl methyl sites for hydroxylation is 2. The highest BCUT2D eigenvalue weighted by Gasteiger charge is 2.19. The summed E-state index contributed by atoms with van der Waals surface area (Å²) in [6.45, 7) is 6.25. The van der Waals surface area contributed by atoms with Gasteiger partial charge in [0.1, 0.15) is 5.03 Å². The van der Waals surface area contributed by atoms with Crippen LogP contribution in [0, 0.1) is 13.8 Å². The number of nitrogens with one attached hydrogen (secondary N) is 1. The van der Waals surface area contributed by atoms with Gasteiger partial charge in [0.25, 0.3) is 5.91 Å². The summed E-state index contributed by atoms with van der Waals surface area (Å²) in [5.74, 6) is 0.0999. The van der Waals surface area contributed by atoms with Gasteiger partial charge in [-0.2, -0.15) is 0 Å². The predicted octanol–water partition coefficient (Wildman–Crippen LogP) is 3.59. The molecule has 5 nitrogen and oxygen atoms in total. The minimum Gasteiger partial charge on any atom is -0.352 e. The molecule has 27 heavy (non-hydrogen) atoms. The minimum atomic E-state index is -0.123.